The summed E-state index contributed by atoms with van der Waals surface area (Å²) in [7, 11) is 0. The third-order valence-corrected chi connectivity index (χ3v) is 2.43. The topological polar surface area (TPSA) is 54.4 Å². The van der Waals surface area contributed by atoms with Gasteiger partial charge < -0.3 is 5.11 Å². The summed E-state index contributed by atoms with van der Waals surface area (Å²) in [5, 5.41) is 9.17. The average Bonchev–Trinajstić information content (AvgIpc) is 2.25. The zero-order valence-corrected chi connectivity index (χ0v) is 9.50. The quantitative estimate of drug-likeness (QED) is 0.626. The maximum atomic E-state index is 10.7. The summed E-state index contributed by atoms with van der Waals surface area (Å²) in [5.41, 5.74) is 0.900. The minimum atomic E-state index is 0.00983. The van der Waals surface area contributed by atoms with Crippen LogP contribution in [0.1, 0.15) is 22.8 Å². The van der Waals surface area contributed by atoms with Crippen LogP contribution in [0.3, 0.4) is 0 Å². The lowest BCUT2D eigenvalue weighted by Crippen LogP contribution is -1.87. The van der Waals surface area contributed by atoms with Gasteiger partial charge in [-0.05, 0) is 18.2 Å². The number of aldehydes is 1. The molecule has 1 rings (SSSR count). The molecule has 0 fully saturated rings. The van der Waals surface area contributed by atoms with Crippen molar-refractivity contribution >= 4 is 23.2 Å². The van der Waals surface area contributed by atoms with Gasteiger partial charge in [-0.2, -0.15) is 0 Å². The van der Waals surface area contributed by atoms with Gasteiger partial charge in [0, 0.05) is 18.1 Å². The van der Waals surface area contributed by atoms with E-state index < -0.39 is 0 Å². The molecule has 1 aromatic rings. The first kappa shape index (κ1) is 12.3. The number of rotatable bonds is 2. The molecular weight excluding hydrogens is 224 g/mol. The van der Waals surface area contributed by atoms with Crippen LogP contribution in [0.25, 0.3) is 0 Å². The monoisotopic (exact) mass is 234 g/mol. The summed E-state index contributed by atoms with van der Waals surface area (Å²) >= 11 is 1.12. The van der Waals surface area contributed by atoms with Gasteiger partial charge in [-0.25, -0.2) is 0 Å². The number of hydrogen-bond acceptors (Lipinski definition) is 4. The van der Waals surface area contributed by atoms with Crippen molar-refractivity contribution in [3.8, 4) is 17.6 Å². The number of benzene rings is 1. The van der Waals surface area contributed by atoms with Crippen molar-refractivity contribution in [2.45, 2.75) is 6.92 Å². The summed E-state index contributed by atoms with van der Waals surface area (Å²) in [6, 6.07) is 4.40. The molecule has 1 aromatic carbocycles. The normalized spacial score (nSPS) is 9.06. The molecule has 4 heteroatoms. The molecule has 0 bridgehead atoms. The van der Waals surface area contributed by atoms with Gasteiger partial charge in [0.05, 0.1) is 5.75 Å². The first-order valence-corrected chi connectivity index (χ1v) is 5.52. The molecule has 16 heavy (non-hydrogen) atoms. The van der Waals surface area contributed by atoms with E-state index in [0.29, 0.717) is 23.2 Å². The van der Waals surface area contributed by atoms with Gasteiger partial charge >= 0.3 is 0 Å². The lowest BCUT2D eigenvalue weighted by molar-refractivity contribution is -0.109. The number of phenols is 1. The molecule has 0 aromatic heterocycles. The fourth-order valence-corrected chi connectivity index (χ4v) is 1.38. The molecule has 82 valence electrons. The highest BCUT2D eigenvalue weighted by Gasteiger charge is 1.99. The summed E-state index contributed by atoms with van der Waals surface area (Å²) in [6.45, 7) is 1.48. The van der Waals surface area contributed by atoms with Crippen LogP contribution >= 0.6 is 11.8 Å². The van der Waals surface area contributed by atoms with E-state index in [1.807, 2.05) is 0 Å². The molecule has 0 aliphatic rings. The Labute approximate surface area is 97.9 Å². The fourth-order valence-electron chi connectivity index (χ4n) is 1.03. The predicted octanol–water partition coefficient (Wildman–Crippen LogP) is 1.84. The molecular formula is C12H10O3S. The second-order valence-electron chi connectivity index (χ2n) is 2.97. The Hall–Kier alpha value is -1.73. The molecule has 0 aliphatic heterocycles. The summed E-state index contributed by atoms with van der Waals surface area (Å²) in [4.78, 5) is 21.3. The van der Waals surface area contributed by atoms with Gasteiger partial charge in [0.25, 0.3) is 0 Å². The Balaban J connectivity index is 2.80. The van der Waals surface area contributed by atoms with Crippen LogP contribution in [0.5, 0.6) is 5.75 Å². The molecule has 0 aliphatic carbocycles. The number of hydrogen-bond donors (Lipinski definition) is 1. The molecule has 0 atom stereocenters. The van der Waals surface area contributed by atoms with Gasteiger partial charge in [0.2, 0.25) is 0 Å². The van der Waals surface area contributed by atoms with Crippen LogP contribution in [-0.4, -0.2) is 22.3 Å². The van der Waals surface area contributed by atoms with Gasteiger partial charge in [0.15, 0.2) is 11.4 Å². The second-order valence-corrected chi connectivity index (χ2v) is 4.12. The van der Waals surface area contributed by atoms with Crippen molar-refractivity contribution < 1.29 is 14.7 Å². The van der Waals surface area contributed by atoms with Crippen LogP contribution in [0.15, 0.2) is 18.2 Å². The largest absolute Gasteiger partial charge is 0.508 e. The van der Waals surface area contributed by atoms with E-state index in [0.717, 1.165) is 11.8 Å². The van der Waals surface area contributed by atoms with Gasteiger partial charge in [-0.1, -0.05) is 23.6 Å². The van der Waals surface area contributed by atoms with E-state index in [1.54, 1.807) is 6.07 Å². The van der Waals surface area contributed by atoms with Crippen molar-refractivity contribution in [3.05, 3.63) is 29.3 Å². The zero-order chi connectivity index (χ0) is 12.0. The molecule has 0 amide bonds. The SMILES string of the molecule is CC(=O)SCC#Cc1ccc(O)cc1C=O. The minimum Gasteiger partial charge on any atom is -0.508 e. The van der Waals surface area contributed by atoms with Crippen molar-refractivity contribution in [1.29, 1.82) is 0 Å². The highest BCUT2D eigenvalue weighted by Crippen LogP contribution is 2.14. The highest BCUT2D eigenvalue weighted by molar-refractivity contribution is 8.13. The third-order valence-electron chi connectivity index (χ3n) is 1.73. The Morgan fingerprint density at radius 2 is 2.31 bits per heavy atom. The minimum absolute atomic E-state index is 0.00983. The molecule has 0 unspecified atom stereocenters. The smallest absolute Gasteiger partial charge is 0.186 e. The van der Waals surface area contributed by atoms with E-state index in [9.17, 15) is 9.59 Å². The van der Waals surface area contributed by atoms with E-state index in [1.165, 1.54) is 19.1 Å². The molecule has 0 saturated heterocycles. The maximum Gasteiger partial charge on any atom is 0.186 e. The van der Waals surface area contributed by atoms with Crippen molar-refractivity contribution in [3.63, 3.8) is 0 Å². The van der Waals surface area contributed by atoms with Crippen LogP contribution in [-0.2, 0) is 4.79 Å². The van der Waals surface area contributed by atoms with Crippen LogP contribution < -0.4 is 0 Å². The van der Waals surface area contributed by atoms with Gasteiger partial charge in [-0.15, -0.1) is 0 Å². The number of phenolic OH excluding ortho intramolecular Hbond substituents is 1. The average molecular weight is 234 g/mol. The summed E-state index contributed by atoms with van der Waals surface area (Å²) in [5.74, 6) is 5.99. The number of thioether (sulfide) groups is 1. The Morgan fingerprint density at radius 1 is 1.56 bits per heavy atom. The van der Waals surface area contributed by atoms with Crippen molar-refractivity contribution in [2.75, 3.05) is 5.75 Å². The Bertz CT molecular complexity index is 469. The van der Waals surface area contributed by atoms with E-state index in [4.69, 9.17) is 5.11 Å². The molecule has 1 N–H and O–H groups in total. The zero-order valence-electron chi connectivity index (χ0n) is 8.69. The van der Waals surface area contributed by atoms with Crippen molar-refractivity contribution in [1.82, 2.24) is 0 Å². The first-order valence-electron chi connectivity index (χ1n) is 4.54. The van der Waals surface area contributed by atoms with Crippen LogP contribution in [0.4, 0.5) is 0 Å². The van der Waals surface area contributed by atoms with E-state index >= 15 is 0 Å². The van der Waals surface area contributed by atoms with E-state index in [-0.39, 0.29) is 10.9 Å². The standard InChI is InChI=1S/C12H10O3S/c1-9(14)16-6-2-3-10-4-5-12(15)7-11(10)8-13/h4-5,7-8,15H,6H2,1H3. The lowest BCUT2D eigenvalue weighted by Gasteiger charge is -1.96. The highest BCUT2D eigenvalue weighted by atomic mass is 32.2. The maximum absolute atomic E-state index is 10.7. The molecule has 3 nitrogen and oxygen atoms in total. The Kier molecular flexibility index (Phi) is 4.62. The summed E-state index contributed by atoms with van der Waals surface area (Å²) < 4.78 is 0. The van der Waals surface area contributed by atoms with Crippen LogP contribution in [0, 0.1) is 11.8 Å². The number of carbonyl (C=O) groups excluding carboxylic acids is 2. The van der Waals surface area contributed by atoms with Crippen LogP contribution in [0.2, 0.25) is 0 Å². The number of carbonyl (C=O) groups is 2. The van der Waals surface area contributed by atoms with Crippen molar-refractivity contribution in [2.24, 2.45) is 0 Å². The van der Waals surface area contributed by atoms with Gasteiger partial charge in [0.1, 0.15) is 5.75 Å². The van der Waals surface area contributed by atoms with E-state index in [2.05, 4.69) is 11.8 Å². The lowest BCUT2D eigenvalue weighted by atomic mass is 10.1. The third kappa shape index (κ3) is 3.79. The molecule has 0 heterocycles. The summed E-state index contributed by atoms with van der Waals surface area (Å²) in [6.07, 6.45) is 0.641. The predicted molar refractivity (Wildman–Crippen MR) is 63.5 cm³/mol. The molecule has 0 spiro atoms. The van der Waals surface area contributed by atoms with Gasteiger partial charge in [-0.3, -0.25) is 9.59 Å². The second kappa shape index (κ2) is 5.99. The molecule has 0 radical (unpaired) electrons. The first-order chi connectivity index (χ1) is 7.63. The fraction of sp³-hybridized carbons (Fsp3) is 0.167. The Morgan fingerprint density at radius 3 is 2.94 bits per heavy atom. The number of aromatic hydroxyl groups is 1. The molecule has 0 saturated carbocycles.